The average Bonchev–Trinajstić information content (AvgIpc) is 3.30. The van der Waals surface area contributed by atoms with Crippen molar-refractivity contribution in [3.63, 3.8) is 0 Å². The smallest absolute Gasteiger partial charge is 0.294 e. The molecule has 1 atom stereocenters. The Balaban J connectivity index is 1.59. The second-order valence-electron chi connectivity index (χ2n) is 8.15. The standard InChI is InChI=1S/C22H24N4O4/c1-30-17-6-4-15(5-7-17)19-13-25-12-18(21(28)24-9-8-16(27)11-24)23-20(25)22(29)26(19)10-14-2-3-14/h4-7,12-14,16,27H,2-3,8-11H2,1H3/t16-/m0/s1. The molecule has 1 amide bonds. The van der Waals surface area contributed by atoms with Gasteiger partial charge in [0.2, 0.25) is 5.65 Å². The van der Waals surface area contributed by atoms with E-state index in [0.717, 1.165) is 29.8 Å². The van der Waals surface area contributed by atoms with Gasteiger partial charge in [0.25, 0.3) is 11.5 Å². The summed E-state index contributed by atoms with van der Waals surface area (Å²) in [6.07, 6.45) is 5.78. The van der Waals surface area contributed by atoms with E-state index in [4.69, 9.17) is 4.74 Å². The molecule has 3 aromatic rings. The molecular weight excluding hydrogens is 384 g/mol. The Bertz CT molecular complexity index is 1160. The molecule has 30 heavy (non-hydrogen) atoms. The number of amides is 1. The molecule has 1 saturated heterocycles. The molecule has 2 aliphatic rings. The van der Waals surface area contributed by atoms with Crippen molar-refractivity contribution in [2.45, 2.75) is 31.9 Å². The van der Waals surface area contributed by atoms with E-state index in [9.17, 15) is 14.7 Å². The number of carbonyl (C=O) groups is 1. The summed E-state index contributed by atoms with van der Waals surface area (Å²) in [6.45, 7) is 1.44. The van der Waals surface area contributed by atoms with Crippen LogP contribution in [0.1, 0.15) is 29.8 Å². The molecule has 156 valence electrons. The third kappa shape index (κ3) is 3.37. The number of hydrogen-bond donors (Lipinski definition) is 1. The van der Waals surface area contributed by atoms with Crippen LogP contribution in [0.25, 0.3) is 16.9 Å². The Morgan fingerprint density at radius 3 is 2.60 bits per heavy atom. The maximum Gasteiger partial charge on any atom is 0.294 e. The lowest BCUT2D eigenvalue weighted by Gasteiger charge is -2.14. The Morgan fingerprint density at radius 1 is 1.20 bits per heavy atom. The van der Waals surface area contributed by atoms with Crippen LogP contribution in [0, 0.1) is 5.92 Å². The molecule has 1 aliphatic carbocycles. The number of likely N-dealkylation sites (tertiary alicyclic amines) is 1. The van der Waals surface area contributed by atoms with Gasteiger partial charge in [-0.25, -0.2) is 4.98 Å². The van der Waals surface area contributed by atoms with Gasteiger partial charge >= 0.3 is 0 Å². The number of imidazole rings is 1. The fraction of sp³-hybridized carbons (Fsp3) is 0.409. The lowest BCUT2D eigenvalue weighted by molar-refractivity contribution is 0.0760. The fourth-order valence-corrected chi connectivity index (χ4v) is 4.01. The van der Waals surface area contributed by atoms with Crippen molar-refractivity contribution < 1.29 is 14.6 Å². The number of rotatable bonds is 5. The normalized spacial score (nSPS) is 18.9. The van der Waals surface area contributed by atoms with Crippen molar-refractivity contribution in [2.24, 2.45) is 5.92 Å². The lowest BCUT2D eigenvalue weighted by Crippen LogP contribution is -2.29. The monoisotopic (exact) mass is 408 g/mol. The molecule has 1 aromatic carbocycles. The van der Waals surface area contributed by atoms with Crippen molar-refractivity contribution >= 4 is 11.6 Å². The van der Waals surface area contributed by atoms with Crippen molar-refractivity contribution in [2.75, 3.05) is 20.2 Å². The third-order valence-corrected chi connectivity index (χ3v) is 5.91. The lowest BCUT2D eigenvalue weighted by atomic mass is 10.1. The quantitative estimate of drug-likeness (QED) is 0.695. The SMILES string of the molecule is COc1ccc(-c2cn3cc(C(=O)N4CC[C@H](O)C4)nc3c(=O)n2CC2CC2)cc1. The van der Waals surface area contributed by atoms with Crippen molar-refractivity contribution in [3.05, 3.63) is 52.7 Å². The first-order chi connectivity index (χ1) is 14.5. The van der Waals surface area contributed by atoms with Gasteiger partial charge in [-0.05, 0) is 49.4 Å². The summed E-state index contributed by atoms with van der Waals surface area (Å²) in [5.74, 6) is 0.998. The van der Waals surface area contributed by atoms with Crippen LogP contribution in [0.5, 0.6) is 5.75 Å². The number of β-amino-alcohol motifs (C(OH)–C–C–N with tert-alkyl or cyclic N) is 1. The molecule has 0 spiro atoms. The minimum absolute atomic E-state index is 0.198. The summed E-state index contributed by atoms with van der Waals surface area (Å²) in [7, 11) is 1.62. The second-order valence-corrected chi connectivity index (χ2v) is 8.15. The highest BCUT2D eigenvalue weighted by Crippen LogP contribution is 2.32. The van der Waals surface area contributed by atoms with Gasteiger partial charge in [0.05, 0.1) is 18.9 Å². The van der Waals surface area contributed by atoms with Gasteiger partial charge in [0.1, 0.15) is 11.4 Å². The number of nitrogens with zero attached hydrogens (tertiary/aromatic N) is 4. The number of carbonyl (C=O) groups excluding carboxylic acids is 1. The van der Waals surface area contributed by atoms with E-state index in [1.165, 1.54) is 0 Å². The average molecular weight is 408 g/mol. The van der Waals surface area contributed by atoms with Gasteiger partial charge in [-0.2, -0.15) is 0 Å². The van der Waals surface area contributed by atoms with Crippen LogP contribution in [0.3, 0.4) is 0 Å². The Labute approximate surface area is 173 Å². The molecule has 1 saturated carbocycles. The molecule has 1 aliphatic heterocycles. The first-order valence-corrected chi connectivity index (χ1v) is 10.3. The van der Waals surface area contributed by atoms with Gasteiger partial charge in [-0.15, -0.1) is 0 Å². The summed E-state index contributed by atoms with van der Waals surface area (Å²) in [5.41, 5.74) is 1.97. The first-order valence-electron chi connectivity index (χ1n) is 10.3. The molecule has 0 unspecified atom stereocenters. The zero-order chi connectivity index (χ0) is 20.8. The summed E-state index contributed by atoms with van der Waals surface area (Å²) in [4.78, 5) is 32.0. The second kappa shape index (κ2) is 7.28. The van der Waals surface area contributed by atoms with Crippen LogP contribution < -0.4 is 10.3 Å². The number of ether oxygens (including phenoxy) is 1. The molecule has 0 radical (unpaired) electrons. The molecule has 0 bridgehead atoms. The topological polar surface area (TPSA) is 89.1 Å². The van der Waals surface area contributed by atoms with Crippen LogP contribution in [0.4, 0.5) is 0 Å². The summed E-state index contributed by atoms with van der Waals surface area (Å²) >= 11 is 0. The number of aliphatic hydroxyl groups is 1. The van der Waals surface area contributed by atoms with Crippen LogP contribution in [-0.4, -0.2) is 56.2 Å². The van der Waals surface area contributed by atoms with Crippen molar-refractivity contribution in [1.82, 2.24) is 18.9 Å². The van der Waals surface area contributed by atoms with E-state index in [1.807, 2.05) is 30.5 Å². The van der Waals surface area contributed by atoms with E-state index in [0.29, 0.717) is 32.0 Å². The Kier molecular flexibility index (Phi) is 4.58. The van der Waals surface area contributed by atoms with Crippen LogP contribution >= 0.6 is 0 Å². The molecule has 8 heteroatoms. The minimum Gasteiger partial charge on any atom is -0.497 e. The van der Waals surface area contributed by atoms with Crippen LogP contribution in [0.2, 0.25) is 0 Å². The summed E-state index contributed by atoms with van der Waals surface area (Å²) in [5, 5.41) is 9.72. The number of aromatic nitrogens is 3. The van der Waals surface area contributed by atoms with Gasteiger partial charge in [0.15, 0.2) is 0 Å². The number of aliphatic hydroxyl groups excluding tert-OH is 1. The van der Waals surface area contributed by atoms with Gasteiger partial charge in [-0.1, -0.05) is 0 Å². The zero-order valence-electron chi connectivity index (χ0n) is 16.8. The van der Waals surface area contributed by atoms with Crippen molar-refractivity contribution in [1.29, 1.82) is 0 Å². The molecule has 8 nitrogen and oxygen atoms in total. The number of methoxy groups -OCH3 is 1. The van der Waals surface area contributed by atoms with Gasteiger partial charge in [-0.3, -0.25) is 14.0 Å². The van der Waals surface area contributed by atoms with E-state index in [2.05, 4.69) is 4.98 Å². The van der Waals surface area contributed by atoms with Gasteiger partial charge < -0.3 is 19.3 Å². The third-order valence-electron chi connectivity index (χ3n) is 5.91. The van der Waals surface area contributed by atoms with E-state index in [-0.39, 0.29) is 22.8 Å². The Hall–Kier alpha value is -3.13. The molecule has 2 aromatic heterocycles. The number of fused-ring (bicyclic) bond motifs is 1. The van der Waals surface area contributed by atoms with Crippen LogP contribution in [0.15, 0.2) is 41.5 Å². The largest absolute Gasteiger partial charge is 0.497 e. The van der Waals surface area contributed by atoms with E-state index < -0.39 is 6.10 Å². The number of hydrogen-bond acceptors (Lipinski definition) is 5. The first kappa shape index (κ1) is 18.9. The van der Waals surface area contributed by atoms with Crippen molar-refractivity contribution in [3.8, 4) is 17.0 Å². The maximum absolute atomic E-state index is 13.3. The van der Waals surface area contributed by atoms with E-state index >= 15 is 0 Å². The molecule has 2 fully saturated rings. The highest BCUT2D eigenvalue weighted by atomic mass is 16.5. The maximum atomic E-state index is 13.3. The Morgan fingerprint density at radius 2 is 1.97 bits per heavy atom. The zero-order valence-corrected chi connectivity index (χ0v) is 16.8. The molecule has 5 rings (SSSR count). The van der Waals surface area contributed by atoms with E-state index in [1.54, 1.807) is 27.2 Å². The predicted octanol–water partition coefficient (Wildman–Crippen LogP) is 1.79. The minimum atomic E-state index is -0.497. The molecule has 1 N–H and O–H groups in total. The molecular formula is C22H24N4O4. The van der Waals surface area contributed by atoms with Crippen LogP contribution in [-0.2, 0) is 6.54 Å². The highest BCUT2D eigenvalue weighted by molar-refractivity contribution is 5.93. The summed E-state index contributed by atoms with van der Waals surface area (Å²) in [6, 6.07) is 7.59. The highest BCUT2D eigenvalue weighted by Gasteiger charge is 2.28. The predicted molar refractivity (Wildman–Crippen MR) is 111 cm³/mol. The summed E-state index contributed by atoms with van der Waals surface area (Å²) < 4.78 is 8.66. The fourth-order valence-electron chi connectivity index (χ4n) is 4.01. The molecule has 3 heterocycles. The number of benzene rings is 1. The van der Waals surface area contributed by atoms with Gasteiger partial charge in [0, 0.05) is 37.6 Å².